The van der Waals surface area contributed by atoms with Crippen molar-refractivity contribution in [3.8, 4) is 0 Å². The Labute approximate surface area is 169 Å². The van der Waals surface area contributed by atoms with Gasteiger partial charge in [0.2, 0.25) is 5.91 Å². The smallest absolute Gasteiger partial charge is 0.284 e. The highest BCUT2D eigenvalue weighted by Gasteiger charge is 2.31. The average Bonchev–Trinajstić information content (AvgIpc) is 3.04. The van der Waals surface area contributed by atoms with Crippen molar-refractivity contribution in [2.75, 3.05) is 13.1 Å². The SMILES string of the molecule is O=C(CN1C[C@H](c2ccccc2)CC1=O)N/N=C\c1ccc(Br)c([N+](=O)[O-])c1. The van der Waals surface area contributed by atoms with E-state index in [2.05, 4.69) is 26.5 Å². The highest BCUT2D eigenvalue weighted by molar-refractivity contribution is 9.10. The molecule has 2 aromatic rings. The standard InChI is InChI=1S/C19H17BrN4O4/c20-16-7-6-13(8-17(16)24(27)28)10-21-22-18(25)12-23-11-15(9-19(23)26)14-4-2-1-3-5-14/h1-8,10,15H,9,11-12H2,(H,22,25)/b21-10-/t15-/m1/s1. The minimum Gasteiger partial charge on any atom is -0.333 e. The molecule has 1 heterocycles. The van der Waals surface area contributed by atoms with Gasteiger partial charge in [-0.3, -0.25) is 19.7 Å². The van der Waals surface area contributed by atoms with Crippen LogP contribution in [0.2, 0.25) is 0 Å². The number of carbonyl (C=O) groups excluding carboxylic acids is 2. The van der Waals surface area contributed by atoms with Gasteiger partial charge in [-0.05, 0) is 27.6 Å². The molecule has 1 fully saturated rings. The van der Waals surface area contributed by atoms with Crippen molar-refractivity contribution in [1.82, 2.24) is 10.3 Å². The van der Waals surface area contributed by atoms with Crippen LogP contribution in [0, 0.1) is 10.1 Å². The predicted octanol–water partition coefficient (Wildman–Crippen LogP) is 2.82. The van der Waals surface area contributed by atoms with Crippen LogP contribution in [0.5, 0.6) is 0 Å². The van der Waals surface area contributed by atoms with Crippen LogP contribution in [-0.2, 0) is 9.59 Å². The molecular weight excluding hydrogens is 428 g/mol. The van der Waals surface area contributed by atoms with Gasteiger partial charge in [0.15, 0.2) is 0 Å². The van der Waals surface area contributed by atoms with E-state index in [9.17, 15) is 19.7 Å². The normalized spacial score (nSPS) is 16.5. The van der Waals surface area contributed by atoms with E-state index in [4.69, 9.17) is 0 Å². The maximum atomic E-state index is 12.2. The first-order valence-corrected chi connectivity index (χ1v) is 9.32. The summed E-state index contributed by atoms with van der Waals surface area (Å²) < 4.78 is 0.360. The second kappa shape index (κ2) is 8.75. The van der Waals surface area contributed by atoms with Gasteiger partial charge in [-0.1, -0.05) is 36.4 Å². The lowest BCUT2D eigenvalue weighted by Gasteiger charge is -2.15. The van der Waals surface area contributed by atoms with Gasteiger partial charge in [0.1, 0.15) is 6.54 Å². The lowest BCUT2D eigenvalue weighted by atomic mass is 9.99. The van der Waals surface area contributed by atoms with Crippen LogP contribution in [0.25, 0.3) is 0 Å². The lowest BCUT2D eigenvalue weighted by Crippen LogP contribution is -2.36. The van der Waals surface area contributed by atoms with Crippen LogP contribution in [-0.4, -0.2) is 40.9 Å². The van der Waals surface area contributed by atoms with Crippen LogP contribution < -0.4 is 5.43 Å². The fourth-order valence-electron chi connectivity index (χ4n) is 3.01. The number of hydrazone groups is 1. The first-order chi connectivity index (χ1) is 13.4. The third-order valence-electron chi connectivity index (χ3n) is 4.39. The number of nitro groups is 1. The molecular formula is C19H17BrN4O4. The van der Waals surface area contributed by atoms with Crippen molar-refractivity contribution in [3.63, 3.8) is 0 Å². The molecule has 1 aliphatic heterocycles. The third-order valence-corrected chi connectivity index (χ3v) is 5.06. The Morgan fingerprint density at radius 2 is 2.07 bits per heavy atom. The van der Waals surface area contributed by atoms with Crippen LogP contribution in [0.4, 0.5) is 5.69 Å². The Balaban J connectivity index is 1.55. The van der Waals surface area contributed by atoms with E-state index in [0.29, 0.717) is 23.0 Å². The first kappa shape index (κ1) is 19.7. The Morgan fingerprint density at radius 3 is 2.79 bits per heavy atom. The van der Waals surface area contributed by atoms with Gasteiger partial charge in [-0.15, -0.1) is 0 Å². The van der Waals surface area contributed by atoms with Crippen molar-refractivity contribution < 1.29 is 14.5 Å². The highest BCUT2D eigenvalue weighted by atomic mass is 79.9. The summed E-state index contributed by atoms with van der Waals surface area (Å²) in [6.45, 7) is 0.402. The van der Waals surface area contributed by atoms with Crippen molar-refractivity contribution in [2.24, 2.45) is 5.10 Å². The molecule has 144 valence electrons. The molecule has 0 spiro atoms. The number of nitrogens with one attached hydrogen (secondary N) is 1. The van der Waals surface area contributed by atoms with E-state index in [1.165, 1.54) is 23.2 Å². The summed E-state index contributed by atoms with van der Waals surface area (Å²) in [5.74, 6) is -0.422. The van der Waals surface area contributed by atoms with Gasteiger partial charge < -0.3 is 4.90 Å². The summed E-state index contributed by atoms with van der Waals surface area (Å²) >= 11 is 3.11. The molecule has 1 aliphatic rings. The number of hydrogen-bond acceptors (Lipinski definition) is 5. The zero-order valence-corrected chi connectivity index (χ0v) is 16.3. The molecule has 0 bridgehead atoms. The molecule has 28 heavy (non-hydrogen) atoms. The number of benzene rings is 2. The number of halogens is 1. The minimum absolute atomic E-state index is 0.0727. The van der Waals surface area contributed by atoms with Crippen LogP contribution in [0.1, 0.15) is 23.5 Å². The van der Waals surface area contributed by atoms with E-state index < -0.39 is 10.8 Å². The molecule has 2 aromatic carbocycles. The van der Waals surface area contributed by atoms with E-state index in [-0.39, 0.29) is 24.1 Å². The van der Waals surface area contributed by atoms with Gasteiger partial charge in [0.05, 0.1) is 15.6 Å². The van der Waals surface area contributed by atoms with Gasteiger partial charge in [0, 0.05) is 30.5 Å². The van der Waals surface area contributed by atoms with Crippen LogP contribution >= 0.6 is 15.9 Å². The molecule has 1 N–H and O–H groups in total. The molecule has 0 radical (unpaired) electrons. The number of nitrogens with zero attached hydrogens (tertiary/aromatic N) is 3. The molecule has 0 unspecified atom stereocenters. The average molecular weight is 445 g/mol. The summed E-state index contributed by atoms with van der Waals surface area (Å²) in [4.78, 5) is 36.2. The zero-order chi connectivity index (χ0) is 20.1. The monoisotopic (exact) mass is 444 g/mol. The molecule has 3 rings (SSSR count). The van der Waals surface area contributed by atoms with Crippen LogP contribution in [0.3, 0.4) is 0 Å². The molecule has 0 aliphatic carbocycles. The van der Waals surface area contributed by atoms with Crippen molar-refractivity contribution in [3.05, 3.63) is 74.2 Å². The largest absolute Gasteiger partial charge is 0.333 e. The number of rotatable bonds is 6. The molecule has 0 saturated carbocycles. The molecule has 1 saturated heterocycles. The van der Waals surface area contributed by atoms with Crippen molar-refractivity contribution >= 4 is 39.6 Å². The number of likely N-dealkylation sites (tertiary alicyclic amines) is 1. The Bertz CT molecular complexity index is 933. The van der Waals surface area contributed by atoms with Gasteiger partial charge in [-0.25, -0.2) is 5.43 Å². The summed E-state index contributed by atoms with van der Waals surface area (Å²) in [7, 11) is 0. The molecule has 9 heteroatoms. The quantitative estimate of drug-likeness (QED) is 0.419. The van der Waals surface area contributed by atoms with E-state index in [1.807, 2.05) is 30.3 Å². The van der Waals surface area contributed by atoms with Crippen molar-refractivity contribution in [2.45, 2.75) is 12.3 Å². The first-order valence-electron chi connectivity index (χ1n) is 8.52. The number of hydrogen-bond donors (Lipinski definition) is 1. The maximum Gasteiger partial charge on any atom is 0.284 e. The zero-order valence-electron chi connectivity index (χ0n) is 14.7. The van der Waals surface area contributed by atoms with Gasteiger partial charge in [-0.2, -0.15) is 5.10 Å². The third kappa shape index (κ3) is 4.80. The highest BCUT2D eigenvalue weighted by Crippen LogP contribution is 2.27. The second-order valence-corrected chi connectivity index (χ2v) is 7.20. The lowest BCUT2D eigenvalue weighted by molar-refractivity contribution is -0.385. The second-order valence-electron chi connectivity index (χ2n) is 6.35. The van der Waals surface area contributed by atoms with E-state index in [1.54, 1.807) is 6.07 Å². The topological polar surface area (TPSA) is 105 Å². The Kier molecular flexibility index (Phi) is 6.15. The number of nitro benzene ring substituents is 1. The fourth-order valence-corrected chi connectivity index (χ4v) is 3.40. The van der Waals surface area contributed by atoms with E-state index in [0.717, 1.165) is 5.56 Å². The van der Waals surface area contributed by atoms with E-state index >= 15 is 0 Å². The predicted molar refractivity (Wildman–Crippen MR) is 107 cm³/mol. The molecule has 8 nitrogen and oxygen atoms in total. The Morgan fingerprint density at radius 1 is 1.32 bits per heavy atom. The molecule has 0 aromatic heterocycles. The summed E-state index contributed by atoms with van der Waals surface area (Å²) in [6.07, 6.45) is 1.69. The Hall–Kier alpha value is -3.07. The number of carbonyl (C=O) groups is 2. The summed E-state index contributed by atoms with van der Waals surface area (Å²) in [5, 5.41) is 14.7. The van der Waals surface area contributed by atoms with Crippen molar-refractivity contribution in [1.29, 1.82) is 0 Å². The van der Waals surface area contributed by atoms with Crippen LogP contribution in [0.15, 0.2) is 58.1 Å². The van der Waals surface area contributed by atoms with Gasteiger partial charge in [0.25, 0.3) is 11.6 Å². The fraction of sp³-hybridized carbons (Fsp3) is 0.211. The van der Waals surface area contributed by atoms with Gasteiger partial charge >= 0.3 is 0 Å². The maximum absolute atomic E-state index is 12.2. The molecule has 1 atom stereocenters. The number of amides is 2. The summed E-state index contributed by atoms with van der Waals surface area (Å²) in [5.41, 5.74) is 3.81. The minimum atomic E-state index is -0.512. The summed E-state index contributed by atoms with van der Waals surface area (Å²) in [6, 6.07) is 14.2. The molecule has 2 amide bonds.